The molecule has 84 valence electrons. The summed E-state index contributed by atoms with van der Waals surface area (Å²) in [4.78, 5) is 12.1. The second-order valence-corrected chi connectivity index (χ2v) is 5.32. The standard InChI is InChI=1S/C10H12Cl2O2S/c1-2-3-6-14-9(13)10(11,12)8-5-4-7-15-8/h4-5,7H,2-3,6H2,1H3. The third-order valence-corrected chi connectivity index (χ3v) is 3.75. The van der Waals surface area contributed by atoms with Crippen molar-refractivity contribution in [1.82, 2.24) is 0 Å². The second kappa shape index (κ2) is 5.73. The molecule has 0 saturated heterocycles. The number of hydrogen-bond acceptors (Lipinski definition) is 3. The molecule has 0 aromatic carbocycles. The maximum atomic E-state index is 11.6. The summed E-state index contributed by atoms with van der Waals surface area (Å²) >= 11 is 13.2. The molecule has 2 nitrogen and oxygen atoms in total. The molecule has 0 fully saturated rings. The number of esters is 1. The fraction of sp³-hybridized carbons (Fsp3) is 0.500. The van der Waals surface area contributed by atoms with Gasteiger partial charge in [0.15, 0.2) is 0 Å². The van der Waals surface area contributed by atoms with Crippen molar-refractivity contribution in [1.29, 1.82) is 0 Å². The first kappa shape index (κ1) is 12.8. The first-order valence-electron chi connectivity index (χ1n) is 4.68. The second-order valence-electron chi connectivity index (χ2n) is 3.04. The predicted octanol–water partition coefficient (Wildman–Crippen LogP) is 3.72. The van der Waals surface area contributed by atoms with Crippen molar-refractivity contribution in [2.24, 2.45) is 0 Å². The van der Waals surface area contributed by atoms with Gasteiger partial charge in [0.2, 0.25) is 4.33 Å². The van der Waals surface area contributed by atoms with Gasteiger partial charge in [-0.15, -0.1) is 11.3 Å². The van der Waals surface area contributed by atoms with Crippen LogP contribution in [0.4, 0.5) is 0 Å². The van der Waals surface area contributed by atoms with Gasteiger partial charge in [0.05, 0.1) is 11.5 Å². The van der Waals surface area contributed by atoms with Gasteiger partial charge in [-0.05, 0) is 17.9 Å². The molecule has 0 saturated carbocycles. The smallest absolute Gasteiger partial charge is 0.348 e. The quantitative estimate of drug-likeness (QED) is 0.461. The van der Waals surface area contributed by atoms with Crippen molar-refractivity contribution in [2.45, 2.75) is 24.1 Å². The molecule has 5 heteroatoms. The summed E-state index contributed by atoms with van der Waals surface area (Å²) in [7, 11) is 0. The lowest BCUT2D eigenvalue weighted by atomic mass is 10.3. The lowest BCUT2D eigenvalue weighted by Gasteiger charge is -2.16. The molecular formula is C10H12Cl2O2S. The first-order chi connectivity index (χ1) is 7.09. The maximum Gasteiger partial charge on any atom is 0.348 e. The van der Waals surface area contributed by atoms with Gasteiger partial charge in [-0.2, -0.15) is 0 Å². The molecule has 0 aliphatic heterocycles. The Morgan fingerprint density at radius 3 is 2.87 bits per heavy atom. The minimum Gasteiger partial charge on any atom is -0.463 e. The van der Waals surface area contributed by atoms with Crippen LogP contribution in [0.15, 0.2) is 17.5 Å². The Kier molecular flexibility index (Phi) is 4.90. The van der Waals surface area contributed by atoms with Gasteiger partial charge in [-0.3, -0.25) is 0 Å². The Bertz CT molecular complexity index is 309. The molecule has 1 rings (SSSR count). The number of unbranched alkanes of at least 4 members (excludes halogenated alkanes) is 1. The highest BCUT2D eigenvalue weighted by atomic mass is 35.5. The third-order valence-electron chi connectivity index (χ3n) is 1.82. The van der Waals surface area contributed by atoms with E-state index in [2.05, 4.69) is 0 Å². The molecule has 15 heavy (non-hydrogen) atoms. The number of ether oxygens (including phenoxy) is 1. The van der Waals surface area contributed by atoms with Crippen LogP contribution in [0.3, 0.4) is 0 Å². The minimum absolute atomic E-state index is 0.363. The Morgan fingerprint density at radius 1 is 1.60 bits per heavy atom. The maximum absolute atomic E-state index is 11.6. The minimum atomic E-state index is -1.57. The Labute approximate surface area is 103 Å². The molecule has 1 aromatic rings. The zero-order valence-electron chi connectivity index (χ0n) is 8.33. The summed E-state index contributed by atoms with van der Waals surface area (Å²) in [5.41, 5.74) is 0. The molecular weight excluding hydrogens is 255 g/mol. The van der Waals surface area contributed by atoms with E-state index < -0.39 is 10.3 Å². The van der Waals surface area contributed by atoms with E-state index in [9.17, 15) is 4.79 Å². The van der Waals surface area contributed by atoms with E-state index in [0.29, 0.717) is 11.5 Å². The zero-order chi connectivity index (χ0) is 11.3. The van der Waals surface area contributed by atoms with Crippen molar-refractivity contribution in [3.63, 3.8) is 0 Å². The van der Waals surface area contributed by atoms with E-state index in [-0.39, 0.29) is 0 Å². The first-order valence-corrected chi connectivity index (χ1v) is 6.31. The van der Waals surface area contributed by atoms with Gasteiger partial charge in [0, 0.05) is 0 Å². The molecule has 0 bridgehead atoms. The molecule has 0 spiro atoms. The van der Waals surface area contributed by atoms with Crippen LogP contribution in [0.25, 0.3) is 0 Å². The topological polar surface area (TPSA) is 26.3 Å². The fourth-order valence-corrected chi connectivity index (χ4v) is 2.15. The normalized spacial score (nSPS) is 11.4. The fourth-order valence-electron chi connectivity index (χ4n) is 0.958. The van der Waals surface area contributed by atoms with Crippen molar-refractivity contribution in [2.75, 3.05) is 6.61 Å². The van der Waals surface area contributed by atoms with Gasteiger partial charge in [0.1, 0.15) is 0 Å². The van der Waals surface area contributed by atoms with Crippen LogP contribution >= 0.6 is 34.5 Å². The van der Waals surface area contributed by atoms with E-state index in [4.69, 9.17) is 27.9 Å². The average molecular weight is 267 g/mol. The van der Waals surface area contributed by atoms with Crippen molar-refractivity contribution < 1.29 is 9.53 Å². The van der Waals surface area contributed by atoms with E-state index in [0.717, 1.165) is 12.8 Å². The largest absolute Gasteiger partial charge is 0.463 e. The summed E-state index contributed by atoms with van der Waals surface area (Å²) < 4.78 is 3.41. The Balaban J connectivity index is 2.58. The Hall–Kier alpha value is -0.250. The van der Waals surface area contributed by atoms with Crippen molar-refractivity contribution in [3.8, 4) is 0 Å². The van der Waals surface area contributed by atoms with Crippen LogP contribution in [0, 0.1) is 0 Å². The molecule has 0 aliphatic rings. The SMILES string of the molecule is CCCCOC(=O)C(Cl)(Cl)c1cccs1. The van der Waals surface area contributed by atoms with Crippen LogP contribution in [-0.4, -0.2) is 12.6 Å². The molecule has 0 radical (unpaired) electrons. The van der Waals surface area contributed by atoms with E-state index in [1.54, 1.807) is 12.1 Å². The van der Waals surface area contributed by atoms with Crippen LogP contribution in [0.5, 0.6) is 0 Å². The highest BCUT2D eigenvalue weighted by molar-refractivity contribution is 7.11. The lowest BCUT2D eigenvalue weighted by molar-refractivity contribution is -0.144. The number of halogens is 2. The molecule has 0 aliphatic carbocycles. The zero-order valence-corrected chi connectivity index (χ0v) is 10.7. The predicted molar refractivity (Wildman–Crippen MR) is 63.6 cm³/mol. The summed E-state index contributed by atoms with van der Waals surface area (Å²) in [5.74, 6) is -0.596. The van der Waals surface area contributed by atoms with Crippen LogP contribution in [-0.2, 0) is 13.9 Å². The monoisotopic (exact) mass is 266 g/mol. The highest BCUT2D eigenvalue weighted by Gasteiger charge is 2.38. The molecule has 1 aromatic heterocycles. The molecule has 1 heterocycles. The number of carbonyl (C=O) groups excluding carboxylic acids is 1. The summed E-state index contributed by atoms with van der Waals surface area (Å²) in [6, 6.07) is 3.50. The van der Waals surface area contributed by atoms with Crippen LogP contribution < -0.4 is 0 Å². The number of alkyl halides is 2. The third kappa shape index (κ3) is 3.37. The van der Waals surface area contributed by atoms with E-state index >= 15 is 0 Å². The number of rotatable bonds is 5. The van der Waals surface area contributed by atoms with Crippen molar-refractivity contribution in [3.05, 3.63) is 22.4 Å². The molecule has 0 atom stereocenters. The number of carbonyl (C=O) groups is 1. The molecule has 0 amide bonds. The number of hydrogen-bond donors (Lipinski definition) is 0. The Morgan fingerprint density at radius 2 is 2.33 bits per heavy atom. The molecule has 0 N–H and O–H groups in total. The molecule has 0 unspecified atom stereocenters. The van der Waals surface area contributed by atoms with Crippen molar-refractivity contribution >= 4 is 40.5 Å². The van der Waals surface area contributed by atoms with Gasteiger partial charge < -0.3 is 4.74 Å². The summed E-state index contributed by atoms with van der Waals surface area (Å²) in [6.07, 6.45) is 1.78. The average Bonchev–Trinajstić information content (AvgIpc) is 2.71. The van der Waals surface area contributed by atoms with Crippen LogP contribution in [0.2, 0.25) is 0 Å². The van der Waals surface area contributed by atoms with Gasteiger partial charge in [-0.1, -0.05) is 42.6 Å². The summed E-state index contributed by atoms with van der Waals surface area (Å²) in [6.45, 7) is 2.38. The van der Waals surface area contributed by atoms with Gasteiger partial charge in [-0.25, -0.2) is 4.79 Å². The number of thiophene rings is 1. The van der Waals surface area contributed by atoms with Gasteiger partial charge in [0.25, 0.3) is 0 Å². The lowest BCUT2D eigenvalue weighted by Crippen LogP contribution is -2.25. The van der Waals surface area contributed by atoms with E-state index in [1.165, 1.54) is 11.3 Å². The van der Waals surface area contributed by atoms with Crippen LogP contribution in [0.1, 0.15) is 24.6 Å². The van der Waals surface area contributed by atoms with Gasteiger partial charge >= 0.3 is 5.97 Å². The summed E-state index contributed by atoms with van der Waals surface area (Å²) in [5, 5.41) is 1.81. The van der Waals surface area contributed by atoms with E-state index in [1.807, 2.05) is 12.3 Å². The highest BCUT2D eigenvalue weighted by Crippen LogP contribution is 2.37.